The number of ether oxygens (including phenoxy) is 3. The van der Waals surface area contributed by atoms with Crippen molar-refractivity contribution in [1.82, 2.24) is 10.3 Å². The molecule has 2 N–H and O–H groups in total. The fourth-order valence-electron chi connectivity index (χ4n) is 2.83. The highest BCUT2D eigenvalue weighted by Gasteiger charge is 2.30. The quantitative estimate of drug-likeness (QED) is 0.525. The molecule has 0 saturated carbocycles. The van der Waals surface area contributed by atoms with E-state index in [0.717, 1.165) is 16.5 Å². The number of aromatic nitrogens is 1. The van der Waals surface area contributed by atoms with E-state index in [9.17, 15) is 4.79 Å². The largest absolute Gasteiger partial charge is 0.488 e. The summed E-state index contributed by atoms with van der Waals surface area (Å²) in [6, 6.07) is 6.84. The van der Waals surface area contributed by atoms with Gasteiger partial charge in [-0.25, -0.2) is 4.98 Å². The number of carboxylic acids is 1. The number of hydrogen-bond donors (Lipinski definition) is 2. The summed E-state index contributed by atoms with van der Waals surface area (Å²) >= 11 is 0. The minimum atomic E-state index is -0.870. The topological polar surface area (TPSA) is 89.9 Å². The van der Waals surface area contributed by atoms with Gasteiger partial charge >= 0.3 is 5.97 Å². The molecule has 0 bridgehead atoms. The van der Waals surface area contributed by atoms with Gasteiger partial charge in [0, 0.05) is 31.0 Å². The van der Waals surface area contributed by atoms with Crippen molar-refractivity contribution in [3.63, 3.8) is 0 Å². The summed E-state index contributed by atoms with van der Waals surface area (Å²) in [4.78, 5) is 15.6. The SMILES string of the molecule is C=Cc1ccc2nc(OCOCC)cc(O[C@H]3CN[C@H](C(=O)O)C3)c2c1.Cl. The van der Waals surface area contributed by atoms with E-state index < -0.39 is 12.0 Å². The van der Waals surface area contributed by atoms with E-state index in [1.165, 1.54) is 0 Å². The van der Waals surface area contributed by atoms with Crippen LogP contribution < -0.4 is 14.8 Å². The van der Waals surface area contributed by atoms with Crippen LogP contribution in [0.4, 0.5) is 0 Å². The summed E-state index contributed by atoms with van der Waals surface area (Å²) < 4.78 is 16.8. The van der Waals surface area contributed by atoms with Gasteiger partial charge in [-0.1, -0.05) is 18.7 Å². The maximum atomic E-state index is 11.1. The molecule has 7 nitrogen and oxygen atoms in total. The van der Waals surface area contributed by atoms with Crippen molar-refractivity contribution in [2.75, 3.05) is 19.9 Å². The standard InChI is InChI=1S/C19H22N2O5.ClH/c1-3-12-5-6-15-14(7-12)17(9-18(21-15)25-11-24-4-2)26-13-8-16(19(22)23)20-10-13;/h3,5-7,9,13,16,20H,1,4,8,10-11H2,2H3,(H,22,23);1H/t13-,16+;/m1./s1. The van der Waals surface area contributed by atoms with Gasteiger partial charge in [0.25, 0.3) is 0 Å². The second kappa shape index (κ2) is 9.55. The number of carboxylic acid groups (broad SMARTS) is 1. The summed E-state index contributed by atoms with van der Waals surface area (Å²) in [6.45, 7) is 6.79. The first kappa shape index (κ1) is 21.0. The summed E-state index contributed by atoms with van der Waals surface area (Å²) in [6.07, 6.45) is 1.91. The lowest BCUT2D eigenvalue weighted by molar-refractivity contribution is -0.139. The zero-order chi connectivity index (χ0) is 18.5. The normalized spacial score (nSPS) is 18.7. The summed E-state index contributed by atoms with van der Waals surface area (Å²) in [5, 5.41) is 12.9. The molecule has 8 heteroatoms. The number of fused-ring (bicyclic) bond motifs is 1. The molecular weight excluding hydrogens is 372 g/mol. The molecule has 1 saturated heterocycles. The van der Waals surface area contributed by atoms with Crippen molar-refractivity contribution in [2.45, 2.75) is 25.5 Å². The minimum Gasteiger partial charge on any atom is -0.488 e. The molecule has 0 spiro atoms. The first-order chi connectivity index (χ1) is 12.6. The fraction of sp³-hybridized carbons (Fsp3) is 0.368. The molecule has 0 radical (unpaired) electrons. The molecule has 27 heavy (non-hydrogen) atoms. The molecule has 146 valence electrons. The van der Waals surface area contributed by atoms with E-state index in [4.69, 9.17) is 19.3 Å². The van der Waals surface area contributed by atoms with Crippen molar-refractivity contribution in [1.29, 1.82) is 0 Å². The van der Waals surface area contributed by atoms with Crippen LogP contribution in [0, 0.1) is 0 Å². The van der Waals surface area contributed by atoms with Gasteiger partial charge in [-0.2, -0.15) is 0 Å². The van der Waals surface area contributed by atoms with Crippen molar-refractivity contribution in [3.05, 3.63) is 36.4 Å². The highest BCUT2D eigenvalue weighted by molar-refractivity contribution is 5.87. The van der Waals surface area contributed by atoms with E-state index in [-0.39, 0.29) is 25.3 Å². The van der Waals surface area contributed by atoms with Gasteiger partial charge in [0.1, 0.15) is 17.9 Å². The maximum Gasteiger partial charge on any atom is 0.320 e. The lowest BCUT2D eigenvalue weighted by Crippen LogP contribution is -2.30. The molecule has 1 fully saturated rings. The Morgan fingerprint density at radius 1 is 1.44 bits per heavy atom. The number of rotatable bonds is 8. The number of benzene rings is 1. The number of carbonyl (C=O) groups is 1. The third kappa shape index (κ3) is 5.09. The van der Waals surface area contributed by atoms with Crippen LogP contribution in [0.25, 0.3) is 17.0 Å². The van der Waals surface area contributed by atoms with E-state index in [1.54, 1.807) is 12.1 Å². The molecule has 1 aromatic heterocycles. The number of aliphatic carboxylic acids is 1. The molecule has 2 heterocycles. The Kier molecular flexibility index (Phi) is 7.41. The van der Waals surface area contributed by atoms with Gasteiger partial charge in [0.2, 0.25) is 5.88 Å². The molecular formula is C19H23ClN2O5. The van der Waals surface area contributed by atoms with Crippen LogP contribution in [0.5, 0.6) is 11.6 Å². The third-order valence-electron chi connectivity index (χ3n) is 4.18. The number of nitrogens with one attached hydrogen (secondary N) is 1. The van der Waals surface area contributed by atoms with Crippen LogP contribution in [0.3, 0.4) is 0 Å². The first-order valence-electron chi connectivity index (χ1n) is 8.51. The summed E-state index contributed by atoms with van der Waals surface area (Å²) in [7, 11) is 0. The number of nitrogens with zero attached hydrogens (tertiary/aromatic N) is 1. The number of hydrogen-bond acceptors (Lipinski definition) is 6. The predicted molar refractivity (Wildman–Crippen MR) is 105 cm³/mol. The fourth-order valence-corrected chi connectivity index (χ4v) is 2.83. The van der Waals surface area contributed by atoms with Crippen molar-refractivity contribution in [2.24, 2.45) is 0 Å². The van der Waals surface area contributed by atoms with Crippen LogP contribution in [-0.4, -0.2) is 48.2 Å². The summed E-state index contributed by atoms with van der Waals surface area (Å²) in [5.41, 5.74) is 1.67. The Morgan fingerprint density at radius 2 is 2.26 bits per heavy atom. The zero-order valence-electron chi connectivity index (χ0n) is 15.0. The number of pyridine rings is 1. The second-order valence-electron chi connectivity index (χ2n) is 5.97. The van der Waals surface area contributed by atoms with Crippen molar-refractivity contribution in [3.8, 4) is 11.6 Å². The second-order valence-corrected chi connectivity index (χ2v) is 5.97. The van der Waals surface area contributed by atoms with Gasteiger partial charge in [-0.05, 0) is 24.6 Å². The smallest absolute Gasteiger partial charge is 0.320 e. The average Bonchev–Trinajstić information content (AvgIpc) is 3.10. The molecule has 3 rings (SSSR count). The zero-order valence-corrected chi connectivity index (χ0v) is 15.8. The van der Waals surface area contributed by atoms with Gasteiger partial charge in [0.15, 0.2) is 6.79 Å². The van der Waals surface area contributed by atoms with Crippen LogP contribution in [0.1, 0.15) is 18.9 Å². The van der Waals surface area contributed by atoms with Gasteiger partial charge in [-0.3, -0.25) is 4.79 Å². The van der Waals surface area contributed by atoms with Crippen molar-refractivity contribution >= 4 is 35.4 Å². The van der Waals surface area contributed by atoms with E-state index in [0.29, 0.717) is 31.2 Å². The molecule has 0 amide bonds. The van der Waals surface area contributed by atoms with Crippen LogP contribution in [0.2, 0.25) is 0 Å². The van der Waals surface area contributed by atoms with Crippen molar-refractivity contribution < 1.29 is 24.1 Å². The van der Waals surface area contributed by atoms with Gasteiger partial charge in [-0.15, -0.1) is 12.4 Å². The Hall–Kier alpha value is -2.35. The third-order valence-corrected chi connectivity index (χ3v) is 4.18. The van der Waals surface area contributed by atoms with Gasteiger partial charge < -0.3 is 24.6 Å². The molecule has 0 aliphatic carbocycles. The first-order valence-corrected chi connectivity index (χ1v) is 8.51. The van der Waals surface area contributed by atoms with Crippen LogP contribution in [-0.2, 0) is 9.53 Å². The minimum absolute atomic E-state index is 0. The lowest BCUT2D eigenvalue weighted by atomic mass is 10.1. The Balaban J connectivity index is 0.00000261. The van der Waals surface area contributed by atoms with Crippen LogP contribution in [0.15, 0.2) is 30.8 Å². The Labute approximate surface area is 163 Å². The highest BCUT2D eigenvalue weighted by atomic mass is 35.5. The van der Waals surface area contributed by atoms with E-state index in [2.05, 4.69) is 16.9 Å². The van der Waals surface area contributed by atoms with Gasteiger partial charge in [0.05, 0.1) is 5.52 Å². The van der Waals surface area contributed by atoms with E-state index >= 15 is 0 Å². The average molecular weight is 395 g/mol. The molecule has 1 aliphatic heterocycles. The predicted octanol–water partition coefficient (Wildman–Crippen LogP) is 2.87. The molecule has 2 aromatic rings. The molecule has 1 aromatic carbocycles. The van der Waals surface area contributed by atoms with E-state index in [1.807, 2.05) is 25.1 Å². The highest BCUT2D eigenvalue weighted by Crippen LogP contribution is 2.31. The number of halogens is 1. The molecule has 1 aliphatic rings. The molecule has 0 unspecified atom stereocenters. The Morgan fingerprint density at radius 3 is 2.93 bits per heavy atom. The maximum absolute atomic E-state index is 11.1. The monoisotopic (exact) mass is 394 g/mol. The van der Waals surface area contributed by atoms with Crippen LogP contribution >= 0.6 is 12.4 Å². The Bertz CT molecular complexity index is 814. The summed E-state index contributed by atoms with van der Waals surface area (Å²) in [5.74, 6) is 0.126. The molecule has 2 atom stereocenters. The lowest BCUT2D eigenvalue weighted by Gasteiger charge is -2.16.